The van der Waals surface area contributed by atoms with E-state index in [1.165, 1.54) is 5.56 Å². The second-order valence-corrected chi connectivity index (χ2v) is 5.78. The fraction of sp³-hybridized carbons (Fsp3) is 0.294. The number of ether oxygens (including phenoxy) is 2. The van der Waals surface area contributed by atoms with E-state index in [0.29, 0.717) is 13.2 Å². The van der Waals surface area contributed by atoms with Crippen LogP contribution in [0.5, 0.6) is 11.5 Å². The van der Waals surface area contributed by atoms with E-state index in [4.69, 9.17) is 15.2 Å². The molecule has 0 saturated heterocycles. The molecule has 0 atom stereocenters. The average Bonchev–Trinajstić information content (AvgIpc) is 2.49. The van der Waals surface area contributed by atoms with Crippen molar-refractivity contribution in [1.29, 1.82) is 0 Å². The summed E-state index contributed by atoms with van der Waals surface area (Å²) in [7, 11) is 0. The number of aryl methyl sites for hydroxylation is 1. The van der Waals surface area contributed by atoms with E-state index in [-0.39, 0.29) is 0 Å². The van der Waals surface area contributed by atoms with Crippen LogP contribution in [-0.2, 0) is 0 Å². The molecule has 0 spiro atoms. The zero-order valence-electron chi connectivity index (χ0n) is 12.5. The van der Waals surface area contributed by atoms with E-state index >= 15 is 0 Å². The van der Waals surface area contributed by atoms with Gasteiger partial charge in [0.1, 0.15) is 11.5 Å². The topological polar surface area (TPSA) is 44.5 Å². The highest BCUT2D eigenvalue weighted by Crippen LogP contribution is 2.26. The van der Waals surface area contributed by atoms with Crippen molar-refractivity contribution < 1.29 is 9.47 Å². The summed E-state index contributed by atoms with van der Waals surface area (Å²) in [6, 6.07) is 13.8. The first-order valence-corrected chi connectivity index (χ1v) is 8.02. The van der Waals surface area contributed by atoms with Crippen molar-refractivity contribution in [3.05, 3.63) is 48.0 Å². The average molecular weight is 303 g/mol. The molecule has 0 heterocycles. The van der Waals surface area contributed by atoms with Gasteiger partial charge in [0.05, 0.1) is 13.2 Å². The van der Waals surface area contributed by atoms with Crippen molar-refractivity contribution in [2.45, 2.75) is 18.7 Å². The lowest BCUT2D eigenvalue weighted by atomic mass is 10.2. The van der Waals surface area contributed by atoms with Gasteiger partial charge in [0, 0.05) is 16.3 Å². The van der Waals surface area contributed by atoms with E-state index in [2.05, 4.69) is 13.0 Å². The van der Waals surface area contributed by atoms with Gasteiger partial charge in [-0.15, -0.1) is 11.8 Å². The van der Waals surface area contributed by atoms with Crippen LogP contribution in [0.4, 0.5) is 5.69 Å². The molecule has 0 saturated carbocycles. The molecule has 4 heteroatoms. The summed E-state index contributed by atoms with van der Waals surface area (Å²) in [4.78, 5) is 1.12. The number of hydrogen-bond acceptors (Lipinski definition) is 4. The van der Waals surface area contributed by atoms with E-state index in [9.17, 15) is 0 Å². The maximum atomic E-state index is 5.95. The molecule has 21 heavy (non-hydrogen) atoms. The minimum absolute atomic E-state index is 0.645. The third-order valence-electron chi connectivity index (χ3n) is 2.91. The summed E-state index contributed by atoms with van der Waals surface area (Å²) in [6.07, 6.45) is 0. The molecule has 0 aromatic heterocycles. The maximum absolute atomic E-state index is 5.95. The quantitative estimate of drug-likeness (QED) is 0.474. The molecule has 2 N–H and O–H groups in total. The Bertz CT molecular complexity index is 570. The van der Waals surface area contributed by atoms with Crippen LogP contribution in [0, 0.1) is 6.92 Å². The van der Waals surface area contributed by atoms with Crippen LogP contribution >= 0.6 is 11.8 Å². The molecule has 0 bridgehead atoms. The lowest BCUT2D eigenvalue weighted by molar-refractivity contribution is 0.332. The zero-order valence-corrected chi connectivity index (χ0v) is 13.3. The Kier molecular flexibility index (Phi) is 5.81. The van der Waals surface area contributed by atoms with Gasteiger partial charge < -0.3 is 15.2 Å². The molecule has 0 amide bonds. The van der Waals surface area contributed by atoms with Gasteiger partial charge in [-0.3, -0.25) is 0 Å². The normalized spacial score (nSPS) is 10.4. The monoisotopic (exact) mass is 303 g/mol. The van der Waals surface area contributed by atoms with Gasteiger partial charge in [-0.1, -0.05) is 6.07 Å². The molecule has 3 nitrogen and oxygen atoms in total. The van der Waals surface area contributed by atoms with E-state index in [0.717, 1.165) is 27.8 Å². The number of rotatable bonds is 7. The zero-order chi connectivity index (χ0) is 15.1. The molecule has 0 fully saturated rings. The number of thioether (sulfide) groups is 1. The first-order valence-electron chi connectivity index (χ1n) is 7.03. The Morgan fingerprint density at radius 2 is 1.67 bits per heavy atom. The number of anilines is 1. The predicted octanol–water partition coefficient (Wildman–Crippen LogP) is 4.15. The lowest BCUT2D eigenvalue weighted by Crippen LogP contribution is -2.01. The molecule has 0 aliphatic carbocycles. The first kappa shape index (κ1) is 15.6. The summed E-state index contributed by atoms with van der Waals surface area (Å²) in [5.74, 6) is 2.59. The largest absolute Gasteiger partial charge is 0.494 e. The number of hydrogen-bond donors (Lipinski definition) is 1. The van der Waals surface area contributed by atoms with Gasteiger partial charge in [-0.2, -0.15) is 0 Å². The maximum Gasteiger partial charge on any atom is 0.119 e. The van der Waals surface area contributed by atoms with E-state index in [1.54, 1.807) is 11.8 Å². The van der Waals surface area contributed by atoms with Gasteiger partial charge in [-0.05, 0) is 55.8 Å². The molecule has 0 aliphatic heterocycles. The predicted molar refractivity (Wildman–Crippen MR) is 89.4 cm³/mol. The minimum Gasteiger partial charge on any atom is -0.494 e. The van der Waals surface area contributed by atoms with Gasteiger partial charge in [0.25, 0.3) is 0 Å². The highest BCUT2D eigenvalue weighted by atomic mass is 32.2. The van der Waals surface area contributed by atoms with Crippen LogP contribution in [0.2, 0.25) is 0 Å². The highest BCUT2D eigenvalue weighted by Gasteiger charge is 2.01. The van der Waals surface area contributed by atoms with Crippen LogP contribution in [0.1, 0.15) is 12.5 Å². The van der Waals surface area contributed by atoms with Gasteiger partial charge in [0.2, 0.25) is 0 Å². The van der Waals surface area contributed by atoms with Crippen molar-refractivity contribution in [1.82, 2.24) is 0 Å². The Hall–Kier alpha value is -1.81. The minimum atomic E-state index is 0.645. The molecule has 2 aromatic carbocycles. The van der Waals surface area contributed by atoms with E-state index in [1.807, 2.05) is 43.3 Å². The number of benzene rings is 2. The van der Waals surface area contributed by atoms with Crippen LogP contribution in [-0.4, -0.2) is 19.0 Å². The molecule has 0 unspecified atom stereocenters. The van der Waals surface area contributed by atoms with Crippen molar-refractivity contribution in [3.8, 4) is 11.5 Å². The Morgan fingerprint density at radius 1 is 1.00 bits per heavy atom. The van der Waals surface area contributed by atoms with Crippen molar-refractivity contribution >= 4 is 17.4 Å². The van der Waals surface area contributed by atoms with E-state index < -0.39 is 0 Å². The van der Waals surface area contributed by atoms with Crippen molar-refractivity contribution in [2.75, 3.05) is 24.7 Å². The van der Waals surface area contributed by atoms with Crippen molar-refractivity contribution in [2.24, 2.45) is 0 Å². The Morgan fingerprint density at radius 3 is 2.33 bits per heavy atom. The SMILES string of the molecule is CCOc1ccc(OCCSc2cc(C)ccc2N)cc1. The van der Waals surface area contributed by atoms with Crippen LogP contribution in [0.3, 0.4) is 0 Å². The molecular weight excluding hydrogens is 282 g/mol. The second-order valence-electron chi connectivity index (χ2n) is 4.64. The lowest BCUT2D eigenvalue weighted by Gasteiger charge is -2.09. The third kappa shape index (κ3) is 4.90. The number of nitrogen functional groups attached to an aromatic ring is 1. The fourth-order valence-corrected chi connectivity index (χ4v) is 2.77. The van der Waals surface area contributed by atoms with Gasteiger partial charge in [-0.25, -0.2) is 0 Å². The third-order valence-corrected chi connectivity index (χ3v) is 3.95. The molecule has 0 radical (unpaired) electrons. The molecular formula is C17H21NO2S. The number of nitrogens with two attached hydrogens (primary N) is 1. The molecule has 0 aliphatic rings. The van der Waals surface area contributed by atoms with Crippen LogP contribution in [0.25, 0.3) is 0 Å². The van der Waals surface area contributed by atoms with Crippen LogP contribution < -0.4 is 15.2 Å². The van der Waals surface area contributed by atoms with Gasteiger partial charge in [0.15, 0.2) is 0 Å². The second kappa shape index (κ2) is 7.84. The summed E-state index contributed by atoms with van der Waals surface area (Å²) >= 11 is 1.72. The van der Waals surface area contributed by atoms with Crippen molar-refractivity contribution in [3.63, 3.8) is 0 Å². The summed E-state index contributed by atoms with van der Waals surface area (Å²) < 4.78 is 11.1. The highest BCUT2D eigenvalue weighted by molar-refractivity contribution is 7.99. The van der Waals surface area contributed by atoms with Gasteiger partial charge >= 0.3 is 0 Å². The first-order chi connectivity index (χ1) is 10.2. The summed E-state index contributed by atoms with van der Waals surface area (Å²) in [6.45, 7) is 5.36. The van der Waals surface area contributed by atoms with Crippen LogP contribution in [0.15, 0.2) is 47.4 Å². The standard InChI is InChI=1S/C17H21NO2S/c1-3-19-14-5-7-15(8-6-14)20-10-11-21-17-12-13(2)4-9-16(17)18/h4-9,12H,3,10-11,18H2,1-2H3. The Labute approximate surface area is 130 Å². The molecule has 2 aromatic rings. The summed E-state index contributed by atoms with van der Waals surface area (Å²) in [5.41, 5.74) is 8.00. The molecule has 112 valence electrons. The Balaban J connectivity index is 1.77. The summed E-state index contributed by atoms with van der Waals surface area (Å²) in [5, 5.41) is 0. The fourth-order valence-electron chi connectivity index (χ4n) is 1.88. The smallest absolute Gasteiger partial charge is 0.119 e. The molecule has 2 rings (SSSR count).